The van der Waals surface area contributed by atoms with Crippen LogP contribution < -0.4 is 14.8 Å². The second kappa shape index (κ2) is 8.60. The van der Waals surface area contributed by atoms with Gasteiger partial charge in [0.05, 0.1) is 12.3 Å². The van der Waals surface area contributed by atoms with E-state index in [9.17, 15) is 13.2 Å². The number of benzene rings is 2. The predicted molar refractivity (Wildman–Crippen MR) is 98.7 cm³/mol. The van der Waals surface area contributed by atoms with E-state index in [1.54, 1.807) is 48.5 Å². The lowest BCUT2D eigenvalue weighted by Gasteiger charge is -2.15. The monoisotopic (exact) mass is 389 g/mol. The summed E-state index contributed by atoms with van der Waals surface area (Å²) in [5, 5.41) is 2.88. The topological polar surface area (TPSA) is 56.3 Å². The minimum atomic E-state index is -4.63. The lowest BCUT2D eigenvalue weighted by Crippen LogP contribution is -2.12. The molecule has 0 spiro atoms. The Hall–Kier alpha value is -3.29. The number of halogens is 3. The molecular weight excluding hydrogens is 371 g/mol. The molecule has 0 aliphatic rings. The Morgan fingerprint density at radius 1 is 0.964 bits per heavy atom. The van der Waals surface area contributed by atoms with Gasteiger partial charge >= 0.3 is 6.18 Å². The van der Waals surface area contributed by atoms with Gasteiger partial charge < -0.3 is 14.8 Å². The number of rotatable bonds is 7. The molecule has 8 heteroatoms. The van der Waals surface area contributed by atoms with Crippen molar-refractivity contribution in [2.75, 3.05) is 11.9 Å². The van der Waals surface area contributed by atoms with Crippen molar-refractivity contribution in [3.8, 4) is 11.6 Å². The number of ether oxygens (including phenoxy) is 2. The van der Waals surface area contributed by atoms with Gasteiger partial charge in [-0.15, -0.1) is 0 Å². The van der Waals surface area contributed by atoms with Gasteiger partial charge in [-0.1, -0.05) is 42.5 Å². The van der Waals surface area contributed by atoms with Gasteiger partial charge in [0.2, 0.25) is 11.8 Å². The lowest BCUT2D eigenvalue weighted by molar-refractivity contribution is -0.139. The molecule has 0 atom stereocenters. The molecule has 0 radical (unpaired) electrons. The van der Waals surface area contributed by atoms with E-state index < -0.39 is 17.6 Å². The van der Waals surface area contributed by atoms with E-state index >= 15 is 0 Å². The average Bonchev–Trinajstić information content (AvgIpc) is 2.68. The second-order valence-corrected chi connectivity index (χ2v) is 5.74. The standard InChI is InChI=1S/C20H18F3N3O2/c1-2-27-17-11-7-6-10-16(17)25-19-24-12-15(20(21,22)23)18(26-19)28-13-14-8-4-3-5-9-14/h3-12H,2,13H2,1H3,(H,24,25,26). The van der Waals surface area contributed by atoms with Crippen LogP contribution >= 0.6 is 0 Å². The van der Waals surface area contributed by atoms with Crippen LogP contribution in [0.25, 0.3) is 0 Å². The molecule has 3 rings (SSSR count). The number of para-hydroxylation sites is 2. The third-order valence-electron chi connectivity index (χ3n) is 3.71. The molecule has 0 fully saturated rings. The molecule has 0 aliphatic heterocycles. The number of hydrogen-bond donors (Lipinski definition) is 1. The Balaban J connectivity index is 1.87. The molecule has 2 aromatic carbocycles. The van der Waals surface area contributed by atoms with Crippen molar-refractivity contribution >= 4 is 11.6 Å². The highest BCUT2D eigenvalue weighted by Crippen LogP contribution is 2.36. The first-order valence-corrected chi connectivity index (χ1v) is 8.57. The van der Waals surface area contributed by atoms with Crippen molar-refractivity contribution in [1.82, 2.24) is 9.97 Å². The fourth-order valence-electron chi connectivity index (χ4n) is 2.43. The summed E-state index contributed by atoms with van der Waals surface area (Å²) >= 11 is 0. The summed E-state index contributed by atoms with van der Waals surface area (Å²) in [6.07, 6.45) is -3.92. The van der Waals surface area contributed by atoms with Gasteiger partial charge in [-0.25, -0.2) is 4.98 Å². The van der Waals surface area contributed by atoms with Crippen LogP contribution in [0.3, 0.4) is 0 Å². The summed E-state index contributed by atoms with van der Waals surface area (Å²) in [5.74, 6) is -0.0220. The molecule has 28 heavy (non-hydrogen) atoms. The molecule has 0 saturated carbocycles. The zero-order chi connectivity index (χ0) is 20.0. The van der Waals surface area contributed by atoms with Crippen molar-refractivity contribution in [3.05, 3.63) is 71.9 Å². The molecule has 5 nitrogen and oxygen atoms in total. The van der Waals surface area contributed by atoms with Crippen LogP contribution in [0.5, 0.6) is 11.6 Å². The molecule has 1 N–H and O–H groups in total. The third kappa shape index (κ3) is 4.91. The number of anilines is 2. The highest BCUT2D eigenvalue weighted by Gasteiger charge is 2.36. The van der Waals surface area contributed by atoms with E-state index in [1.165, 1.54) is 0 Å². The van der Waals surface area contributed by atoms with Gasteiger partial charge in [0.15, 0.2) is 0 Å². The predicted octanol–water partition coefficient (Wildman–Crippen LogP) is 5.22. The van der Waals surface area contributed by atoms with Crippen LogP contribution in [0.15, 0.2) is 60.8 Å². The fraction of sp³-hybridized carbons (Fsp3) is 0.200. The van der Waals surface area contributed by atoms with Crippen LogP contribution in [0.2, 0.25) is 0 Å². The Labute approximate surface area is 160 Å². The SMILES string of the molecule is CCOc1ccccc1Nc1ncc(C(F)(F)F)c(OCc2ccccc2)n1. The fourth-order valence-corrected chi connectivity index (χ4v) is 2.43. The minimum Gasteiger partial charge on any atom is -0.492 e. The van der Waals surface area contributed by atoms with Gasteiger partial charge in [0.1, 0.15) is 17.9 Å². The largest absolute Gasteiger partial charge is 0.492 e. The van der Waals surface area contributed by atoms with Crippen LogP contribution in [0, 0.1) is 0 Å². The molecule has 3 aromatic rings. The van der Waals surface area contributed by atoms with E-state index in [-0.39, 0.29) is 12.6 Å². The summed E-state index contributed by atoms with van der Waals surface area (Å²) in [6, 6.07) is 15.9. The zero-order valence-corrected chi connectivity index (χ0v) is 15.0. The summed E-state index contributed by atoms with van der Waals surface area (Å²) in [7, 11) is 0. The first-order valence-electron chi connectivity index (χ1n) is 8.57. The normalized spacial score (nSPS) is 11.1. The van der Waals surface area contributed by atoms with E-state index in [0.717, 1.165) is 5.56 Å². The van der Waals surface area contributed by atoms with Gasteiger partial charge in [0.25, 0.3) is 0 Å². The number of hydrogen-bond acceptors (Lipinski definition) is 5. The molecular formula is C20H18F3N3O2. The van der Waals surface area contributed by atoms with Crippen LogP contribution in [-0.4, -0.2) is 16.6 Å². The summed E-state index contributed by atoms with van der Waals surface area (Å²) in [5.41, 5.74) is 0.232. The Morgan fingerprint density at radius 3 is 2.39 bits per heavy atom. The van der Waals surface area contributed by atoms with Crippen LogP contribution in [-0.2, 0) is 12.8 Å². The van der Waals surface area contributed by atoms with Gasteiger partial charge in [-0.3, -0.25) is 0 Å². The highest BCUT2D eigenvalue weighted by molar-refractivity contribution is 5.62. The van der Waals surface area contributed by atoms with Gasteiger partial charge in [0, 0.05) is 6.20 Å². The molecule has 1 aromatic heterocycles. The lowest BCUT2D eigenvalue weighted by atomic mass is 10.2. The minimum absolute atomic E-state index is 0.0248. The first-order chi connectivity index (χ1) is 13.5. The maximum absolute atomic E-state index is 13.3. The highest BCUT2D eigenvalue weighted by atomic mass is 19.4. The molecule has 0 unspecified atom stereocenters. The Bertz CT molecular complexity index is 918. The third-order valence-corrected chi connectivity index (χ3v) is 3.71. The van der Waals surface area contributed by atoms with Gasteiger partial charge in [-0.2, -0.15) is 18.2 Å². The summed E-state index contributed by atoms with van der Waals surface area (Å²) in [4.78, 5) is 7.71. The van der Waals surface area contributed by atoms with E-state index in [4.69, 9.17) is 9.47 Å². The summed E-state index contributed by atoms with van der Waals surface area (Å²) < 4.78 is 50.7. The van der Waals surface area contributed by atoms with Crippen molar-refractivity contribution in [2.45, 2.75) is 19.7 Å². The Morgan fingerprint density at radius 2 is 1.68 bits per heavy atom. The van der Waals surface area contributed by atoms with Gasteiger partial charge in [-0.05, 0) is 24.6 Å². The van der Waals surface area contributed by atoms with Crippen LogP contribution in [0.1, 0.15) is 18.1 Å². The van der Waals surface area contributed by atoms with E-state index in [1.807, 2.05) is 13.0 Å². The van der Waals surface area contributed by atoms with Crippen molar-refractivity contribution in [2.24, 2.45) is 0 Å². The number of nitrogens with zero attached hydrogens (tertiary/aromatic N) is 2. The van der Waals surface area contributed by atoms with Crippen molar-refractivity contribution < 1.29 is 22.6 Å². The quantitative estimate of drug-likeness (QED) is 0.601. The second-order valence-electron chi connectivity index (χ2n) is 5.74. The zero-order valence-electron chi connectivity index (χ0n) is 15.0. The molecule has 0 saturated heterocycles. The van der Waals surface area contributed by atoms with E-state index in [0.29, 0.717) is 24.2 Å². The summed E-state index contributed by atoms with van der Waals surface area (Å²) in [6.45, 7) is 2.23. The molecule has 0 bridgehead atoms. The molecule has 146 valence electrons. The number of aromatic nitrogens is 2. The maximum atomic E-state index is 13.3. The molecule has 0 aliphatic carbocycles. The van der Waals surface area contributed by atoms with E-state index in [2.05, 4.69) is 15.3 Å². The van der Waals surface area contributed by atoms with Crippen molar-refractivity contribution in [1.29, 1.82) is 0 Å². The average molecular weight is 389 g/mol. The molecule has 1 heterocycles. The number of alkyl halides is 3. The first kappa shape index (κ1) is 19.5. The van der Waals surface area contributed by atoms with Crippen LogP contribution in [0.4, 0.5) is 24.8 Å². The Kier molecular flexibility index (Phi) is 5.98. The smallest absolute Gasteiger partial charge is 0.423 e. The maximum Gasteiger partial charge on any atom is 0.423 e. The number of nitrogens with one attached hydrogen (secondary N) is 1. The molecule has 0 amide bonds. The van der Waals surface area contributed by atoms with Crippen molar-refractivity contribution in [3.63, 3.8) is 0 Å².